The van der Waals surface area contributed by atoms with Gasteiger partial charge in [0.2, 0.25) is 5.91 Å². The number of hydrogen-bond donors (Lipinski definition) is 2. The lowest BCUT2D eigenvalue weighted by atomic mass is 10.0. The van der Waals surface area contributed by atoms with Gasteiger partial charge in [0.25, 0.3) is 7.82 Å². The van der Waals surface area contributed by atoms with Crippen LogP contribution < -0.4 is 10.2 Å². The number of nitrogens with one attached hydrogen (secondary N) is 1. The second-order valence-corrected chi connectivity index (χ2v) is 25.9. The Morgan fingerprint density at radius 1 is 0.442 bits per heavy atom. The summed E-state index contributed by atoms with van der Waals surface area (Å²) in [5.41, 5.74) is 0. The molecule has 0 aromatic rings. The van der Waals surface area contributed by atoms with Crippen molar-refractivity contribution in [2.24, 2.45) is 0 Å². The number of phosphoric acid groups is 1. The van der Waals surface area contributed by atoms with E-state index in [9.17, 15) is 19.4 Å². The number of aliphatic hydroxyl groups excluding tert-OH is 1. The van der Waals surface area contributed by atoms with Gasteiger partial charge in [0.1, 0.15) is 13.2 Å². The molecule has 0 saturated heterocycles. The Kier molecular flexibility index (Phi) is 58.4. The molecule has 3 atom stereocenters. The standard InChI is InChI=1S/C68H133N2O6P/c1-6-8-10-12-14-16-18-20-22-24-26-27-28-29-30-31-32-33-34-35-36-37-38-39-40-41-42-43-44-46-48-50-52-54-56-58-60-62-68(72)69-66(65-76-77(73,74)75-64-63-70(3,4)5)67(71)61-59-57-55-53-51-49-47-45-25-23-21-19-17-15-13-11-9-7-2/h24,26,51,53,59,61,66-67,71H,6-23,25,27-50,52,54-58,60,62-65H2,1-5H3,(H-,69,72,73,74)/b26-24-,53-51+,61-59+. The highest BCUT2D eigenvalue weighted by Gasteiger charge is 2.23. The Morgan fingerprint density at radius 2 is 0.727 bits per heavy atom. The van der Waals surface area contributed by atoms with Crippen molar-refractivity contribution >= 4 is 13.7 Å². The fourth-order valence-electron chi connectivity index (χ4n) is 10.3. The van der Waals surface area contributed by atoms with Crippen molar-refractivity contribution in [1.29, 1.82) is 0 Å². The van der Waals surface area contributed by atoms with E-state index in [0.29, 0.717) is 17.4 Å². The molecule has 0 aliphatic heterocycles. The number of carbonyl (C=O) groups is 1. The fraction of sp³-hybridized carbons (Fsp3) is 0.897. The van der Waals surface area contributed by atoms with Gasteiger partial charge < -0.3 is 28.8 Å². The average molecular weight is 1110 g/mol. The van der Waals surface area contributed by atoms with E-state index < -0.39 is 20.0 Å². The predicted octanol–water partition coefficient (Wildman–Crippen LogP) is 20.6. The van der Waals surface area contributed by atoms with Crippen LogP contribution in [0.4, 0.5) is 0 Å². The lowest BCUT2D eigenvalue weighted by Crippen LogP contribution is -2.45. The van der Waals surface area contributed by atoms with Gasteiger partial charge in [-0.2, -0.15) is 0 Å². The number of amides is 1. The zero-order chi connectivity index (χ0) is 56.3. The number of nitrogens with zero attached hydrogens (tertiary/aromatic N) is 1. The molecule has 0 fully saturated rings. The number of carbonyl (C=O) groups excluding carboxylic acids is 1. The number of rotatable bonds is 63. The number of allylic oxidation sites excluding steroid dienone is 5. The minimum Gasteiger partial charge on any atom is -0.756 e. The normalized spacial score (nSPS) is 13.9. The van der Waals surface area contributed by atoms with Gasteiger partial charge in [0, 0.05) is 6.42 Å². The minimum absolute atomic E-state index is 0.00436. The topological polar surface area (TPSA) is 108 Å². The van der Waals surface area contributed by atoms with Gasteiger partial charge in [-0.3, -0.25) is 9.36 Å². The first-order valence-electron chi connectivity index (χ1n) is 33.9. The first kappa shape index (κ1) is 75.7. The molecule has 8 nitrogen and oxygen atoms in total. The van der Waals surface area contributed by atoms with E-state index >= 15 is 0 Å². The molecule has 0 aliphatic rings. The summed E-state index contributed by atoms with van der Waals surface area (Å²) in [6.07, 6.45) is 78.5. The highest BCUT2D eigenvalue weighted by molar-refractivity contribution is 7.45. The van der Waals surface area contributed by atoms with Crippen molar-refractivity contribution in [3.8, 4) is 0 Å². The third-order valence-electron chi connectivity index (χ3n) is 15.6. The molecule has 2 N–H and O–H groups in total. The summed E-state index contributed by atoms with van der Waals surface area (Å²) in [5, 5.41) is 13.9. The molecular weight excluding hydrogens is 972 g/mol. The number of likely N-dealkylation sites (N-methyl/N-ethyl adjacent to an activating group) is 1. The Hall–Kier alpha value is -1.28. The van der Waals surface area contributed by atoms with Crippen molar-refractivity contribution in [3.05, 3.63) is 36.5 Å². The maximum absolute atomic E-state index is 13.0. The molecule has 0 bridgehead atoms. The van der Waals surface area contributed by atoms with Crippen molar-refractivity contribution < 1.29 is 32.9 Å². The highest BCUT2D eigenvalue weighted by atomic mass is 31.2. The number of quaternary nitrogens is 1. The molecule has 77 heavy (non-hydrogen) atoms. The number of phosphoric ester groups is 1. The second-order valence-electron chi connectivity index (χ2n) is 24.5. The van der Waals surface area contributed by atoms with Crippen LogP contribution in [-0.2, 0) is 18.4 Å². The molecule has 1 amide bonds. The van der Waals surface area contributed by atoms with E-state index in [-0.39, 0.29) is 19.1 Å². The lowest BCUT2D eigenvalue weighted by Gasteiger charge is -2.29. The van der Waals surface area contributed by atoms with Crippen LogP contribution in [0.5, 0.6) is 0 Å². The zero-order valence-electron chi connectivity index (χ0n) is 52.2. The maximum atomic E-state index is 13.0. The van der Waals surface area contributed by atoms with Gasteiger partial charge in [0.05, 0.1) is 39.9 Å². The van der Waals surface area contributed by atoms with E-state index in [1.54, 1.807) is 6.08 Å². The van der Waals surface area contributed by atoms with Crippen molar-refractivity contribution in [2.45, 2.75) is 353 Å². The van der Waals surface area contributed by atoms with Gasteiger partial charge >= 0.3 is 0 Å². The lowest BCUT2D eigenvalue weighted by molar-refractivity contribution is -0.870. The summed E-state index contributed by atoms with van der Waals surface area (Å²) in [5.74, 6) is -0.200. The van der Waals surface area contributed by atoms with Crippen LogP contribution in [0.25, 0.3) is 0 Å². The average Bonchev–Trinajstić information content (AvgIpc) is 3.39. The molecule has 0 aromatic carbocycles. The van der Waals surface area contributed by atoms with E-state index in [4.69, 9.17) is 9.05 Å². The van der Waals surface area contributed by atoms with E-state index in [2.05, 4.69) is 43.5 Å². The Labute approximate surface area is 480 Å². The van der Waals surface area contributed by atoms with E-state index in [1.807, 2.05) is 27.2 Å². The van der Waals surface area contributed by atoms with Crippen LogP contribution in [0.3, 0.4) is 0 Å². The molecule has 0 saturated carbocycles. The van der Waals surface area contributed by atoms with Crippen LogP contribution in [-0.4, -0.2) is 68.5 Å². The monoisotopic (exact) mass is 1100 g/mol. The zero-order valence-corrected chi connectivity index (χ0v) is 53.1. The Bertz CT molecular complexity index is 1350. The first-order valence-corrected chi connectivity index (χ1v) is 35.3. The largest absolute Gasteiger partial charge is 0.756 e. The number of aliphatic hydroxyl groups is 1. The molecule has 456 valence electrons. The molecule has 0 aliphatic carbocycles. The van der Waals surface area contributed by atoms with Gasteiger partial charge in [-0.05, 0) is 57.8 Å². The van der Waals surface area contributed by atoms with Crippen molar-refractivity contribution in [1.82, 2.24) is 5.32 Å². The molecule has 0 radical (unpaired) electrons. The smallest absolute Gasteiger partial charge is 0.268 e. The second kappa shape index (κ2) is 59.3. The summed E-state index contributed by atoms with van der Waals surface area (Å²) >= 11 is 0. The van der Waals surface area contributed by atoms with Gasteiger partial charge in [-0.15, -0.1) is 0 Å². The van der Waals surface area contributed by atoms with Crippen molar-refractivity contribution in [3.63, 3.8) is 0 Å². The Balaban J connectivity index is 3.96. The minimum atomic E-state index is -4.61. The fourth-order valence-corrected chi connectivity index (χ4v) is 11.0. The number of hydrogen-bond acceptors (Lipinski definition) is 6. The van der Waals surface area contributed by atoms with Crippen LogP contribution in [0, 0.1) is 0 Å². The van der Waals surface area contributed by atoms with Crippen molar-refractivity contribution in [2.75, 3.05) is 40.9 Å². The van der Waals surface area contributed by atoms with Gasteiger partial charge in [-0.1, -0.05) is 314 Å². The molecule has 0 spiro atoms. The summed E-state index contributed by atoms with van der Waals surface area (Å²) in [4.78, 5) is 25.6. The molecule has 9 heteroatoms. The number of unbranched alkanes of at least 4 members (excludes halogenated alkanes) is 46. The van der Waals surface area contributed by atoms with E-state index in [1.165, 1.54) is 283 Å². The molecule has 3 unspecified atom stereocenters. The van der Waals surface area contributed by atoms with Crippen LogP contribution >= 0.6 is 7.82 Å². The van der Waals surface area contributed by atoms with Crippen LogP contribution in [0.15, 0.2) is 36.5 Å². The third kappa shape index (κ3) is 62.2. The summed E-state index contributed by atoms with van der Waals surface area (Å²) < 4.78 is 23.4. The van der Waals surface area contributed by atoms with Gasteiger partial charge in [-0.25, -0.2) is 0 Å². The maximum Gasteiger partial charge on any atom is 0.268 e. The molecule has 0 rings (SSSR count). The quantitative estimate of drug-likeness (QED) is 0.0272. The third-order valence-corrected chi connectivity index (χ3v) is 16.5. The van der Waals surface area contributed by atoms with Crippen LogP contribution in [0.2, 0.25) is 0 Å². The Morgan fingerprint density at radius 3 is 1.05 bits per heavy atom. The van der Waals surface area contributed by atoms with Crippen LogP contribution in [0.1, 0.15) is 341 Å². The SMILES string of the molecule is CCCCCCCCCC/C=C\CCCCCCCCCCCCCCCCCCCCCCCCCCCC(=O)NC(COP(=O)([O-])OCC[N+](C)(C)C)C(O)/C=C/CC/C=C/CCCCCCCCCCCCCC. The first-order chi connectivity index (χ1) is 37.5. The predicted molar refractivity (Wildman–Crippen MR) is 335 cm³/mol. The molecular formula is C68H133N2O6P. The van der Waals surface area contributed by atoms with E-state index in [0.717, 1.165) is 38.5 Å². The highest BCUT2D eigenvalue weighted by Crippen LogP contribution is 2.38. The summed E-state index contributed by atoms with van der Waals surface area (Å²) in [7, 11) is 1.26. The molecule has 0 aromatic heterocycles. The summed E-state index contributed by atoms with van der Waals surface area (Å²) in [6, 6.07) is -0.902. The van der Waals surface area contributed by atoms with Gasteiger partial charge in [0.15, 0.2) is 0 Å². The summed E-state index contributed by atoms with van der Waals surface area (Å²) in [6.45, 7) is 4.67. The molecule has 0 heterocycles.